The molecular formula is C17H25FN6O. The standard InChI is InChI=1S/C17H25FN6O/c1-6-7-24-11(8-19-3)9-22(4)14-12-15(20-10(2)13(14)18)23(5)17(25)21-16(12)24/h11,19H,6-9H2,1-5H3. The average Bonchev–Trinajstić information content (AvgIpc) is 2.67. The predicted octanol–water partition coefficient (Wildman–Crippen LogP) is 1.03. The van der Waals surface area contributed by atoms with Crippen molar-refractivity contribution < 1.29 is 4.39 Å². The molecule has 0 amide bonds. The number of pyridine rings is 1. The minimum Gasteiger partial charge on any atom is -0.369 e. The Morgan fingerprint density at radius 1 is 1.32 bits per heavy atom. The van der Waals surface area contributed by atoms with Crippen LogP contribution in [0.15, 0.2) is 4.79 Å². The van der Waals surface area contributed by atoms with E-state index < -0.39 is 0 Å². The molecule has 25 heavy (non-hydrogen) atoms. The van der Waals surface area contributed by atoms with Crippen LogP contribution in [0.3, 0.4) is 0 Å². The van der Waals surface area contributed by atoms with Crippen molar-refractivity contribution in [3.05, 3.63) is 22.0 Å². The predicted molar refractivity (Wildman–Crippen MR) is 98.1 cm³/mol. The van der Waals surface area contributed by atoms with Gasteiger partial charge in [-0.3, -0.25) is 4.57 Å². The van der Waals surface area contributed by atoms with E-state index >= 15 is 0 Å². The van der Waals surface area contributed by atoms with E-state index in [1.165, 1.54) is 4.57 Å². The summed E-state index contributed by atoms with van der Waals surface area (Å²) >= 11 is 0. The Labute approximate surface area is 146 Å². The van der Waals surface area contributed by atoms with Crippen LogP contribution in [0.4, 0.5) is 15.9 Å². The van der Waals surface area contributed by atoms with Gasteiger partial charge in [0.25, 0.3) is 0 Å². The number of nitrogens with one attached hydrogen (secondary N) is 1. The second-order valence-electron chi connectivity index (χ2n) is 6.62. The zero-order valence-electron chi connectivity index (χ0n) is 15.4. The van der Waals surface area contributed by atoms with Gasteiger partial charge >= 0.3 is 5.69 Å². The van der Waals surface area contributed by atoms with E-state index in [-0.39, 0.29) is 23.2 Å². The molecule has 7 nitrogen and oxygen atoms in total. The van der Waals surface area contributed by atoms with Crippen molar-refractivity contribution in [1.29, 1.82) is 0 Å². The fourth-order valence-corrected chi connectivity index (χ4v) is 3.60. The van der Waals surface area contributed by atoms with Gasteiger partial charge in [0.15, 0.2) is 5.82 Å². The zero-order valence-corrected chi connectivity index (χ0v) is 15.4. The third-order valence-electron chi connectivity index (χ3n) is 4.77. The van der Waals surface area contributed by atoms with Crippen LogP contribution in [0.2, 0.25) is 0 Å². The summed E-state index contributed by atoms with van der Waals surface area (Å²) in [5, 5.41) is 3.81. The van der Waals surface area contributed by atoms with Gasteiger partial charge in [0, 0.05) is 33.7 Å². The number of likely N-dealkylation sites (N-methyl/N-ethyl adjacent to an activating group) is 2. The Kier molecular flexibility index (Phi) is 4.64. The maximum absolute atomic E-state index is 15.0. The number of halogens is 1. The van der Waals surface area contributed by atoms with E-state index in [2.05, 4.69) is 27.1 Å². The van der Waals surface area contributed by atoms with Crippen LogP contribution in [0.5, 0.6) is 0 Å². The minimum absolute atomic E-state index is 0.0739. The van der Waals surface area contributed by atoms with Gasteiger partial charge in [-0.05, 0) is 20.4 Å². The van der Waals surface area contributed by atoms with E-state index in [1.807, 2.05) is 19.0 Å². The number of aromatic nitrogens is 3. The molecule has 0 fully saturated rings. The molecule has 0 bridgehead atoms. The highest BCUT2D eigenvalue weighted by atomic mass is 19.1. The topological polar surface area (TPSA) is 66.3 Å². The van der Waals surface area contributed by atoms with Crippen LogP contribution in [0.1, 0.15) is 19.0 Å². The maximum atomic E-state index is 15.0. The molecule has 136 valence electrons. The highest BCUT2D eigenvalue weighted by Gasteiger charge is 2.32. The molecule has 0 spiro atoms. The van der Waals surface area contributed by atoms with Crippen LogP contribution in [-0.2, 0) is 7.05 Å². The molecule has 2 aromatic heterocycles. The quantitative estimate of drug-likeness (QED) is 0.890. The van der Waals surface area contributed by atoms with Crippen LogP contribution in [-0.4, -0.2) is 54.3 Å². The Bertz CT molecular complexity index is 865. The van der Waals surface area contributed by atoms with E-state index in [9.17, 15) is 9.18 Å². The van der Waals surface area contributed by atoms with E-state index in [0.717, 1.165) is 13.0 Å². The summed E-state index contributed by atoms with van der Waals surface area (Å²) in [6.45, 7) is 5.79. The summed E-state index contributed by atoms with van der Waals surface area (Å²) in [5.41, 5.74) is 0.860. The first-order valence-electron chi connectivity index (χ1n) is 8.59. The van der Waals surface area contributed by atoms with Crippen molar-refractivity contribution in [1.82, 2.24) is 19.9 Å². The molecule has 3 heterocycles. The Balaban J connectivity index is 2.42. The molecular weight excluding hydrogens is 323 g/mol. The summed E-state index contributed by atoms with van der Waals surface area (Å²) in [6.07, 6.45) is 0.902. The molecule has 3 rings (SSSR count). The van der Waals surface area contributed by atoms with Crippen LogP contribution >= 0.6 is 0 Å². The van der Waals surface area contributed by atoms with Crippen LogP contribution < -0.4 is 20.8 Å². The van der Waals surface area contributed by atoms with Gasteiger partial charge in [-0.2, -0.15) is 4.98 Å². The number of rotatable bonds is 4. The van der Waals surface area contributed by atoms with Gasteiger partial charge < -0.3 is 15.1 Å². The lowest BCUT2D eigenvalue weighted by Gasteiger charge is -2.32. The Hall–Kier alpha value is -2.22. The van der Waals surface area contributed by atoms with Crippen molar-refractivity contribution in [2.75, 3.05) is 43.5 Å². The molecule has 8 heteroatoms. The van der Waals surface area contributed by atoms with Gasteiger partial charge in [0.2, 0.25) is 0 Å². The Morgan fingerprint density at radius 3 is 2.68 bits per heavy atom. The molecule has 0 aromatic carbocycles. The third kappa shape index (κ3) is 2.74. The summed E-state index contributed by atoms with van der Waals surface area (Å²) in [4.78, 5) is 25.1. The van der Waals surface area contributed by atoms with Crippen molar-refractivity contribution in [3.63, 3.8) is 0 Å². The van der Waals surface area contributed by atoms with E-state index in [4.69, 9.17) is 0 Å². The summed E-state index contributed by atoms with van der Waals surface area (Å²) in [6, 6.07) is 0.0739. The van der Waals surface area contributed by atoms with Crippen molar-refractivity contribution >= 4 is 22.5 Å². The normalized spacial score (nSPS) is 17.3. The lowest BCUT2D eigenvalue weighted by molar-refractivity contribution is 0.546. The molecule has 1 aliphatic rings. The molecule has 1 aliphatic heterocycles. The fraction of sp³-hybridized carbons (Fsp3) is 0.588. The number of anilines is 2. The fourth-order valence-electron chi connectivity index (χ4n) is 3.60. The number of nitrogens with zero attached hydrogens (tertiary/aromatic N) is 5. The van der Waals surface area contributed by atoms with Crippen LogP contribution in [0.25, 0.3) is 11.0 Å². The van der Waals surface area contributed by atoms with Crippen molar-refractivity contribution in [3.8, 4) is 0 Å². The molecule has 1 N–H and O–H groups in total. The highest BCUT2D eigenvalue weighted by Crippen LogP contribution is 2.38. The highest BCUT2D eigenvalue weighted by molar-refractivity contribution is 5.99. The number of hydrogen-bond donors (Lipinski definition) is 1. The lowest BCUT2D eigenvalue weighted by atomic mass is 10.2. The first-order chi connectivity index (χ1) is 11.9. The average molecular weight is 348 g/mol. The maximum Gasteiger partial charge on any atom is 0.350 e. The molecule has 1 atom stereocenters. The molecule has 0 saturated carbocycles. The third-order valence-corrected chi connectivity index (χ3v) is 4.77. The molecule has 2 aromatic rings. The van der Waals surface area contributed by atoms with Crippen molar-refractivity contribution in [2.45, 2.75) is 26.3 Å². The minimum atomic E-state index is -0.374. The molecule has 0 saturated heterocycles. The van der Waals surface area contributed by atoms with Gasteiger partial charge in [-0.1, -0.05) is 6.92 Å². The first-order valence-corrected chi connectivity index (χ1v) is 8.59. The second kappa shape index (κ2) is 6.59. The monoisotopic (exact) mass is 348 g/mol. The zero-order chi connectivity index (χ0) is 18.3. The first kappa shape index (κ1) is 17.6. The molecule has 0 radical (unpaired) electrons. The smallest absolute Gasteiger partial charge is 0.350 e. The van der Waals surface area contributed by atoms with Crippen molar-refractivity contribution in [2.24, 2.45) is 7.05 Å². The molecule has 1 unspecified atom stereocenters. The summed E-state index contributed by atoms with van der Waals surface area (Å²) in [7, 11) is 5.40. The van der Waals surface area contributed by atoms with Crippen LogP contribution in [0, 0.1) is 12.7 Å². The largest absolute Gasteiger partial charge is 0.369 e. The van der Waals surface area contributed by atoms with Gasteiger partial charge in [0.1, 0.15) is 11.5 Å². The summed E-state index contributed by atoms with van der Waals surface area (Å²) in [5.74, 6) is 0.184. The van der Waals surface area contributed by atoms with Gasteiger partial charge in [0.05, 0.1) is 22.8 Å². The van der Waals surface area contributed by atoms with Gasteiger partial charge in [-0.15, -0.1) is 0 Å². The lowest BCUT2D eigenvalue weighted by Crippen LogP contribution is -2.48. The van der Waals surface area contributed by atoms with E-state index in [1.54, 1.807) is 14.0 Å². The second-order valence-corrected chi connectivity index (χ2v) is 6.62. The molecule has 0 aliphatic carbocycles. The Morgan fingerprint density at radius 2 is 2.04 bits per heavy atom. The number of hydrogen-bond acceptors (Lipinski definition) is 6. The van der Waals surface area contributed by atoms with E-state index in [0.29, 0.717) is 35.6 Å². The summed E-state index contributed by atoms with van der Waals surface area (Å²) < 4.78 is 16.4. The number of aryl methyl sites for hydroxylation is 2. The SMILES string of the molecule is CCCN1c2nc(=O)n(C)c3nc(C)c(F)c(c23)N(C)CC1CNC. The van der Waals surface area contributed by atoms with Gasteiger partial charge in [-0.25, -0.2) is 14.2 Å².